The second-order valence-electron chi connectivity index (χ2n) is 4.19. The van der Waals surface area contributed by atoms with Crippen LogP contribution in [-0.2, 0) is 11.3 Å². The van der Waals surface area contributed by atoms with Gasteiger partial charge in [-0.05, 0) is 6.07 Å². The number of aliphatic hydroxyl groups is 1. The lowest BCUT2D eigenvalue weighted by Crippen LogP contribution is -2.46. The number of para-hydroxylation sites is 1. The largest absolute Gasteiger partial charge is 0.496 e. The number of methoxy groups -OCH3 is 1. The summed E-state index contributed by atoms with van der Waals surface area (Å²) in [5.41, 5.74) is 1.15. The van der Waals surface area contributed by atoms with Crippen molar-refractivity contribution in [2.45, 2.75) is 12.6 Å². The van der Waals surface area contributed by atoms with E-state index >= 15 is 0 Å². The third kappa shape index (κ3) is 2.97. The first-order valence-corrected chi connectivity index (χ1v) is 5.89. The molecule has 1 fully saturated rings. The van der Waals surface area contributed by atoms with Crippen LogP contribution in [0.2, 0.25) is 0 Å². The standard InChI is InChI=1S/C13H19NO3/c1-16-13-5-3-2-4-11(13)8-14-6-7-17-10-12(14)9-15/h2-5,12,15H,6-10H2,1H3. The van der Waals surface area contributed by atoms with Crippen LogP contribution < -0.4 is 4.74 Å². The Morgan fingerprint density at radius 1 is 1.47 bits per heavy atom. The normalized spacial score (nSPS) is 21.4. The minimum Gasteiger partial charge on any atom is -0.496 e. The third-order valence-corrected chi connectivity index (χ3v) is 3.13. The van der Waals surface area contributed by atoms with Gasteiger partial charge in [0.05, 0.1) is 33.0 Å². The summed E-state index contributed by atoms with van der Waals surface area (Å²) < 4.78 is 10.7. The summed E-state index contributed by atoms with van der Waals surface area (Å²) in [5, 5.41) is 9.31. The molecule has 1 aromatic rings. The molecule has 1 atom stereocenters. The van der Waals surface area contributed by atoms with Crippen molar-refractivity contribution in [2.24, 2.45) is 0 Å². The number of benzene rings is 1. The smallest absolute Gasteiger partial charge is 0.123 e. The fourth-order valence-electron chi connectivity index (χ4n) is 2.12. The Morgan fingerprint density at radius 3 is 3.06 bits per heavy atom. The van der Waals surface area contributed by atoms with E-state index in [1.165, 1.54) is 0 Å². The van der Waals surface area contributed by atoms with Gasteiger partial charge >= 0.3 is 0 Å². The summed E-state index contributed by atoms with van der Waals surface area (Å²) >= 11 is 0. The Balaban J connectivity index is 2.08. The fourth-order valence-corrected chi connectivity index (χ4v) is 2.12. The summed E-state index contributed by atoms with van der Waals surface area (Å²) in [6.07, 6.45) is 0. The summed E-state index contributed by atoms with van der Waals surface area (Å²) in [6, 6.07) is 8.08. The molecule has 1 aromatic carbocycles. The monoisotopic (exact) mass is 237 g/mol. The fraction of sp³-hybridized carbons (Fsp3) is 0.538. The summed E-state index contributed by atoms with van der Waals surface area (Å²) in [5.74, 6) is 0.899. The first kappa shape index (κ1) is 12.4. The van der Waals surface area contributed by atoms with Crippen molar-refractivity contribution in [3.05, 3.63) is 29.8 Å². The molecule has 94 valence electrons. The highest BCUT2D eigenvalue weighted by atomic mass is 16.5. The van der Waals surface area contributed by atoms with Gasteiger partial charge in [-0.1, -0.05) is 18.2 Å². The van der Waals surface area contributed by atoms with Gasteiger partial charge in [-0.3, -0.25) is 4.90 Å². The van der Waals surface area contributed by atoms with E-state index in [1.807, 2.05) is 18.2 Å². The van der Waals surface area contributed by atoms with Gasteiger partial charge in [0.25, 0.3) is 0 Å². The molecule has 0 aliphatic carbocycles. The number of nitrogens with zero attached hydrogens (tertiary/aromatic N) is 1. The molecule has 1 N–H and O–H groups in total. The van der Waals surface area contributed by atoms with Crippen LogP contribution in [0.1, 0.15) is 5.56 Å². The molecule has 1 aliphatic heterocycles. The van der Waals surface area contributed by atoms with Crippen molar-refractivity contribution in [3.63, 3.8) is 0 Å². The maximum absolute atomic E-state index is 9.31. The van der Waals surface area contributed by atoms with Crippen LogP contribution in [0.3, 0.4) is 0 Å². The van der Waals surface area contributed by atoms with E-state index in [0.717, 1.165) is 31.0 Å². The Bertz CT molecular complexity index is 356. The summed E-state index contributed by atoms with van der Waals surface area (Å²) in [6.45, 7) is 3.11. The number of ether oxygens (including phenoxy) is 2. The minimum atomic E-state index is 0.0914. The first-order chi connectivity index (χ1) is 8.35. The van der Waals surface area contributed by atoms with Gasteiger partial charge in [0, 0.05) is 18.7 Å². The quantitative estimate of drug-likeness (QED) is 0.844. The molecule has 1 aliphatic rings. The number of aliphatic hydroxyl groups excluding tert-OH is 1. The molecule has 0 amide bonds. The molecular weight excluding hydrogens is 218 g/mol. The van der Waals surface area contributed by atoms with Gasteiger partial charge < -0.3 is 14.6 Å². The van der Waals surface area contributed by atoms with Gasteiger partial charge in [0.1, 0.15) is 5.75 Å². The van der Waals surface area contributed by atoms with Crippen molar-refractivity contribution < 1.29 is 14.6 Å². The average molecular weight is 237 g/mol. The highest BCUT2D eigenvalue weighted by molar-refractivity contribution is 5.33. The average Bonchev–Trinajstić information content (AvgIpc) is 2.40. The Kier molecular flexibility index (Phi) is 4.36. The zero-order chi connectivity index (χ0) is 12.1. The van der Waals surface area contributed by atoms with Gasteiger partial charge in [0.2, 0.25) is 0 Å². The van der Waals surface area contributed by atoms with Crippen LogP contribution in [0.4, 0.5) is 0 Å². The molecule has 1 heterocycles. The molecule has 17 heavy (non-hydrogen) atoms. The molecule has 1 saturated heterocycles. The predicted molar refractivity (Wildman–Crippen MR) is 65.1 cm³/mol. The lowest BCUT2D eigenvalue weighted by atomic mass is 10.1. The molecule has 4 nitrogen and oxygen atoms in total. The van der Waals surface area contributed by atoms with Gasteiger partial charge in [-0.25, -0.2) is 0 Å². The Labute approximate surface area is 102 Å². The lowest BCUT2D eigenvalue weighted by molar-refractivity contribution is -0.0314. The molecule has 0 aromatic heterocycles. The van der Waals surface area contributed by atoms with Crippen molar-refractivity contribution >= 4 is 0 Å². The van der Waals surface area contributed by atoms with Crippen LogP contribution >= 0.6 is 0 Å². The van der Waals surface area contributed by atoms with Crippen LogP contribution in [0.5, 0.6) is 5.75 Å². The number of hydrogen-bond acceptors (Lipinski definition) is 4. The zero-order valence-corrected chi connectivity index (χ0v) is 10.1. The second-order valence-corrected chi connectivity index (χ2v) is 4.19. The first-order valence-electron chi connectivity index (χ1n) is 5.89. The Hall–Kier alpha value is -1.10. The van der Waals surface area contributed by atoms with Gasteiger partial charge in [-0.2, -0.15) is 0 Å². The third-order valence-electron chi connectivity index (χ3n) is 3.13. The predicted octanol–water partition coefficient (Wildman–Crippen LogP) is 0.888. The van der Waals surface area contributed by atoms with E-state index in [9.17, 15) is 5.11 Å². The molecule has 0 spiro atoms. The molecular formula is C13H19NO3. The van der Waals surface area contributed by atoms with E-state index in [-0.39, 0.29) is 12.6 Å². The van der Waals surface area contributed by atoms with Crippen molar-refractivity contribution in [1.82, 2.24) is 4.90 Å². The van der Waals surface area contributed by atoms with E-state index < -0.39 is 0 Å². The molecule has 0 saturated carbocycles. The molecule has 0 radical (unpaired) electrons. The highest BCUT2D eigenvalue weighted by Crippen LogP contribution is 2.21. The number of hydrogen-bond donors (Lipinski definition) is 1. The zero-order valence-electron chi connectivity index (χ0n) is 10.1. The highest BCUT2D eigenvalue weighted by Gasteiger charge is 2.22. The lowest BCUT2D eigenvalue weighted by Gasteiger charge is -2.34. The molecule has 4 heteroatoms. The number of morpholine rings is 1. The second kappa shape index (κ2) is 6.00. The van der Waals surface area contributed by atoms with Gasteiger partial charge in [0.15, 0.2) is 0 Å². The van der Waals surface area contributed by atoms with Crippen molar-refractivity contribution in [2.75, 3.05) is 33.5 Å². The Morgan fingerprint density at radius 2 is 2.29 bits per heavy atom. The van der Waals surface area contributed by atoms with Crippen LogP contribution in [0.15, 0.2) is 24.3 Å². The summed E-state index contributed by atoms with van der Waals surface area (Å²) in [7, 11) is 1.68. The van der Waals surface area contributed by atoms with Gasteiger partial charge in [-0.15, -0.1) is 0 Å². The molecule has 2 rings (SSSR count). The van der Waals surface area contributed by atoms with E-state index in [1.54, 1.807) is 7.11 Å². The van der Waals surface area contributed by atoms with E-state index in [0.29, 0.717) is 6.61 Å². The topological polar surface area (TPSA) is 41.9 Å². The SMILES string of the molecule is COc1ccccc1CN1CCOCC1CO. The van der Waals surface area contributed by atoms with E-state index in [4.69, 9.17) is 9.47 Å². The molecule has 0 bridgehead atoms. The molecule has 1 unspecified atom stereocenters. The van der Waals surface area contributed by atoms with Crippen molar-refractivity contribution in [3.8, 4) is 5.75 Å². The van der Waals surface area contributed by atoms with Crippen LogP contribution in [0.25, 0.3) is 0 Å². The minimum absolute atomic E-state index is 0.0914. The van der Waals surface area contributed by atoms with Crippen LogP contribution in [-0.4, -0.2) is 49.5 Å². The number of rotatable bonds is 4. The maximum Gasteiger partial charge on any atom is 0.123 e. The van der Waals surface area contributed by atoms with Crippen LogP contribution in [0, 0.1) is 0 Å². The van der Waals surface area contributed by atoms with E-state index in [2.05, 4.69) is 11.0 Å². The maximum atomic E-state index is 9.31. The van der Waals surface area contributed by atoms with Crippen molar-refractivity contribution in [1.29, 1.82) is 0 Å². The summed E-state index contributed by atoms with van der Waals surface area (Å²) in [4.78, 5) is 2.24.